The number of allylic oxidation sites excluding steroid dienone is 1. The lowest BCUT2D eigenvalue weighted by atomic mass is 9.92. The predicted molar refractivity (Wildman–Crippen MR) is 94.1 cm³/mol. The Labute approximate surface area is 143 Å². The van der Waals surface area contributed by atoms with E-state index < -0.39 is 0 Å². The van der Waals surface area contributed by atoms with Crippen molar-refractivity contribution in [3.8, 4) is 0 Å². The first kappa shape index (κ1) is 18.0. The Balaban J connectivity index is 2.05. The summed E-state index contributed by atoms with van der Waals surface area (Å²) in [5.74, 6) is 0.122. The SMILES string of the molecule is C=CCOC(=O)CCc1c[nH]c(/C=C2/NC(=O)C(CC)C2C)c1C. The highest BCUT2D eigenvalue weighted by Crippen LogP contribution is 2.30. The van der Waals surface area contributed by atoms with Crippen LogP contribution in [0.2, 0.25) is 0 Å². The number of carbonyl (C=O) groups is 2. The lowest BCUT2D eigenvalue weighted by Crippen LogP contribution is -2.18. The number of rotatable bonds is 7. The van der Waals surface area contributed by atoms with Crippen molar-refractivity contribution in [1.82, 2.24) is 10.3 Å². The topological polar surface area (TPSA) is 71.2 Å². The summed E-state index contributed by atoms with van der Waals surface area (Å²) in [6.07, 6.45) is 7.29. The maximum absolute atomic E-state index is 11.9. The number of esters is 1. The van der Waals surface area contributed by atoms with Crippen LogP contribution in [0, 0.1) is 18.8 Å². The maximum Gasteiger partial charge on any atom is 0.306 e. The summed E-state index contributed by atoms with van der Waals surface area (Å²) in [6, 6.07) is 0. The van der Waals surface area contributed by atoms with E-state index in [0.29, 0.717) is 12.8 Å². The van der Waals surface area contributed by atoms with E-state index in [9.17, 15) is 9.59 Å². The Morgan fingerprint density at radius 2 is 2.21 bits per heavy atom. The molecule has 2 unspecified atom stereocenters. The molecule has 5 heteroatoms. The molecule has 2 heterocycles. The van der Waals surface area contributed by atoms with Gasteiger partial charge in [0, 0.05) is 35.8 Å². The molecule has 1 aliphatic rings. The van der Waals surface area contributed by atoms with Crippen molar-refractivity contribution in [3.63, 3.8) is 0 Å². The van der Waals surface area contributed by atoms with E-state index in [0.717, 1.165) is 28.9 Å². The summed E-state index contributed by atoms with van der Waals surface area (Å²) in [5.41, 5.74) is 4.11. The van der Waals surface area contributed by atoms with Gasteiger partial charge in [-0.15, -0.1) is 0 Å². The van der Waals surface area contributed by atoms with Crippen LogP contribution in [0.5, 0.6) is 0 Å². The number of H-pyrrole nitrogens is 1. The molecule has 0 radical (unpaired) electrons. The summed E-state index contributed by atoms with van der Waals surface area (Å²) < 4.78 is 4.99. The van der Waals surface area contributed by atoms with Gasteiger partial charge in [0.2, 0.25) is 5.91 Å². The van der Waals surface area contributed by atoms with Crippen molar-refractivity contribution in [1.29, 1.82) is 0 Å². The zero-order valence-electron chi connectivity index (χ0n) is 14.6. The van der Waals surface area contributed by atoms with Crippen LogP contribution in [0.1, 0.15) is 43.5 Å². The molecule has 2 rings (SSSR count). The minimum Gasteiger partial charge on any atom is -0.461 e. The molecule has 5 nitrogen and oxygen atoms in total. The second-order valence-corrected chi connectivity index (χ2v) is 6.22. The van der Waals surface area contributed by atoms with Crippen molar-refractivity contribution in [3.05, 3.63) is 41.4 Å². The second kappa shape index (κ2) is 7.99. The Bertz CT molecular complexity index is 658. The minimum absolute atomic E-state index is 0.0469. The number of hydrogen-bond acceptors (Lipinski definition) is 3. The smallest absolute Gasteiger partial charge is 0.306 e. The molecule has 0 spiro atoms. The van der Waals surface area contributed by atoms with Crippen LogP contribution in [0.4, 0.5) is 0 Å². The van der Waals surface area contributed by atoms with E-state index in [1.807, 2.05) is 26.1 Å². The zero-order chi connectivity index (χ0) is 17.7. The molecule has 0 bridgehead atoms. The van der Waals surface area contributed by atoms with Crippen molar-refractivity contribution >= 4 is 18.0 Å². The Hall–Kier alpha value is -2.30. The van der Waals surface area contributed by atoms with Gasteiger partial charge in [-0.05, 0) is 37.0 Å². The van der Waals surface area contributed by atoms with Crippen LogP contribution in [0.3, 0.4) is 0 Å². The number of hydrogen-bond donors (Lipinski definition) is 2. The first-order chi connectivity index (χ1) is 11.5. The van der Waals surface area contributed by atoms with Crippen LogP contribution in [-0.2, 0) is 20.7 Å². The standard InChI is InChI=1S/C19H26N2O3/c1-5-9-24-18(22)8-7-14-11-20-16(12(14)3)10-17-13(4)15(6-2)19(23)21-17/h5,10-11,13,15,20H,1,6-9H2,2-4H3,(H,21,23)/b17-10+. The first-order valence-electron chi connectivity index (χ1n) is 8.43. The quantitative estimate of drug-likeness (QED) is 0.596. The van der Waals surface area contributed by atoms with Gasteiger partial charge in [-0.3, -0.25) is 9.59 Å². The van der Waals surface area contributed by atoms with Crippen molar-refractivity contribution < 1.29 is 14.3 Å². The fourth-order valence-electron chi connectivity index (χ4n) is 3.08. The maximum atomic E-state index is 11.9. The van der Waals surface area contributed by atoms with Crippen LogP contribution in [-0.4, -0.2) is 23.5 Å². The summed E-state index contributed by atoms with van der Waals surface area (Å²) in [5, 5.41) is 2.98. The number of nitrogens with one attached hydrogen (secondary N) is 2. The number of aryl methyl sites for hydroxylation is 1. The third-order valence-corrected chi connectivity index (χ3v) is 4.69. The van der Waals surface area contributed by atoms with Gasteiger partial charge in [0.1, 0.15) is 6.61 Å². The van der Waals surface area contributed by atoms with Gasteiger partial charge in [-0.1, -0.05) is 26.5 Å². The van der Waals surface area contributed by atoms with E-state index in [2.05, 4.69) is 23.8 Å². The highest BCUT2D eigenvalue weighted by molar-refractivity contribution is 5.86. The molecule has 0 aliphatic carbocycles. The summed E-state index contributed by atoms with van der Waals surface area (Å²) in [7, 11) is 0. The molecule has 1 amide bonds. The van der Waals surface area contributed by atoms with Gasteiger partial charge in [-0.25, -0.2) is 0 Å². The Kier molecular flexibility index (Phi) is 6.01. The molecule has 1 aromatic heterocycles. The van der Waals surface area contributed by atoms with Crippen LogP contribution < -0.4 is 5.32 Å². The van der Waals surface area contributed by atoms with Gasteiger partial charge in [0.15, 0.2) is 0 Å². The number of carbonyl (C=O) groups excluding carboxylic acids is 2. The van der Waals surface area contributed by atoms with Crippen LogP contribution in [0.25, 0.3) is 6.08 Å². The van der Waals surface area contributed by atoms with Crippen molar-refractivity contribution in [2.75, 3.05) is 6.61 Å². The molecular weight excluding hydrogens is 304 g/mol. The van der Waals surface area contributed by atoms with Gasteiger partial charge in [0.25, 0.3) is 0 Å². The number of aromatic nitrogens is 1. The van der Waals surface area contributed by atoms with Gasteiger partial charge in [-0.2, -0.15) is 0 Å². The van der Waals surface area contributed by atoms with E-state index in [1.54, 1.807) is 6.08 Å². The minimum atomic E-state index is -0.224. The molecule has 0 saturated carbocycles. The Morgan fingerprint density at radius 1 is 1.46 bits per heavy atom. The molecule has 1 aliphatic heterocycles. The highest BCUT2D eigenvalue weighted by Gasteiger charge is 2.33. The summed E-state index contributed by atoms with van der Waals surface area (Å²) >= 11 is 0. The van der Waals surface area contributed by atoms with Gasteiger partial charge >= 0.3 is 5.97 Å². The average Bonchev–Trinajstić information content (AvgIpc) is 3.04. The molecule has 1 aromatic rings. The van der Waals surface area contributed by atoms with Crippen LogP contribution in [0.15, 0.2) is 24.5 Å². The third-order valence-electron chi connectivity index (χ3n) is 4.69. The zero-order valence-corrected chi connectivity index (χ0v) is 14.6. The van der Waals surface area contributed by atoms with Crippen molar-refractivity contribution in [2.24, 2.45) is 11.8 Å². The number of ether oxygens (including phenoxy) is 1. The van der Waals surface area contributed by atoms with Crippen molar-refractivity contribution in [2.45, 2.75) is 40.0 Å². The van der Waals surface area contributed by atoms with E-state index >= 15 is 0 Å². The largest absolute Gasteiger partial charge is 0.461 e. The molecule has 1 saturated heterocycles. The van der Waals surface area contributed by atoms with Gasteiger partial charge < -0.3 is 15.0 Å². The monoisotopic (exact) mass is 330 g/mol. The summed E-state index contributed by atoms with van der Waals surface area (Å²) in [6.45, 7) is 9.90. The summed E-state index contributed by atoms with van der Waals surface area (Å²) in [4.78, 5) is 26.8. The van der Waals surface area contributed by atoms with E-state index in [-0.39, 0.29) is 30.3 Å². The molecular formula is C19H26N2O3. The van der Waals surface area contributed by atoms with Gasteiger partial charge in [0.05, 0.1) is 0 Å². The second-order valence-electron chi connectivity index (χ2n) is 6.22. The number of amides is 1. The Morgan fingerprint density at radius 3 is 2.83 bits per heavy atom. The fraction of sp³-hybridized carbons (Fsp3) is 0.474. The number of aromatic amines is 1. The average molecular weight is 330 g/mol. The predicted octanol–water partition coefficient (Wildman–Crippen LogP) is 3.12. The first-order valence-corrected chi connectivity index (χ1v) is 8.43. The lowest BCUT2D eigenvalue weighted by molar-refractivity contribution is -0.142. The fourth-order valence-corrected chi connectivity index (χ4v) is 3.08. The highest BCUT2D eigenvalue weighted by atomic mass is 16.5. The molecule has 2 N–H and O–H groups in total. The van der Waals surface area contributed by atoms with E-state index in [1.165, 1.54) is 0 Å². The molecule has 130 valence electrons. The third kappa shape index (κ3) is 3.96. The lowest BCUT2D eigenvalue weighted by Gasteiger charge is -2.09. The molecule has 24 heavy (non-hydrogen) atoms. The molecule has 0 aromatic carbocycles. The van der Waals surface area contributed by atoms with E-state index in [4.69, 9.17) is 4.74 Å². The van der Waals surface area contributed by atoms with Crippen LogP contribution >= 0.6 is 0 Å². The molecule has 1 fully saturated rings. The normalized spacial score (nSPS) is 21.8. The molecule has 2 atom stereocenters.